The number of benzene rings is 1. The largest absolute Gasteiger partial charge is 0.315 e. The van der Waals surface area contributed by atoms with E-state index in [0.717, 1.165) is 30.5 Å². The van der Waals surface area contributed by atoms with Crippen molar-refractivity contribution in [3.63, 3.8) is 0 Å². The number of para-hydroxylation sites is 2. The van der Waals surface area contributed by atoms with Gasteiger partial charge in [-0.25, -0.2) is 4.98 Å². The lowest BCUT2D eigenvalue weighted by atomic mass is 10.2. The molecule has 0 radical (unpaired) electrons. The first kappa shape index (κ1) is 12.8. The molecule has 4 nitrogen and oxygen atoms in total. The number of hydrogen-bond donors (Lipinski definition) is 1. The van der Waals surface area contributed by atoms with E-state index >= 15 is 0 Å². The summed E-state index contributed by atoms with van der Waals surface area (Å²) in [7, 11) is 0. The molecule has 2 aromatic rings. The van der Waals surface area contributed by atoms with Crippen LogP contribution in [0.5, 0.6) is 0 Å². The summed E-state index contributed by atoms with van der Waals surface area (Å²) in [4.78, 5) is 16.4. The van der Waals surface area contributed by atoms with Crippen LogP contribution in [0.25, 0.3) is 11.0 Å². The molecule has 96 valence electrons. The van der Waals surface area contributed by atoms with Crippen molar-refractivity contribution in [3.8, 4) is 0 Å². The highest BCUT2D eigenvalue weighted by molar-refractivity contribution is 5.74. The molecule has 18 heavy (non-hydrogen) atoms. The van der Waals surface area contributed by atoms with E-state index in [1.54, 1.807) is 11.5 Å². The van der Waals surface area contributed by atoms with Crippen LogP contribution < -0.4 is 10.9 Å². The summed E-state index contributed by atoms with van der Waals surface area (Å²) in [6, 6.07) is 7.77. The van der Waals surface area contributed by atoms with Crippen molar-refractivity contribution in [2.24, 2.45) is 0 Å². The van der Waals surface area contributed by atoms with Gasteiger partial charge >= 0.3 is 0 Å². The van der Waals surface area contributed by atoms with Crippen LogP contribution in [0.4, 0.5) is 0 Å². The van der Waals surface area contributed by atoms with E-state index in [-0.39, 0.29) is 5.56 Å². The lowest BCUT2D eigenvalue weighted by Crippen LogP contribution is -2.29. The highest BCUT2D eigenvalue weighted by atomic mass is 16.1. The maximum absolute atomic E-state index is 12.1. The van der Waals surface area contributed by atoms with E-state index in [2.05, 4.69) is 17.2 Å². The predicted molar refractivity (Wildman–Crippen MR) is 73.9 cm³/mol. The zero-order chi connectivity index (χ0) is 13.0. The molecule has 1 N–H and O–H groups in total. The molecule has 0 spiro atoms. The molecule has 0 unspecified atom stereocenters. The number of hydrogen-bond acceptors (Lipinski definition) is 3. The third-order valence-electron chi connectivity index (χ3n) is 2.95. The molecule has 0 bridgehead atoms. The summed E-state index contributed by atoms with van der Waals surface area (Å²) < 4.78 is 1.81. The van der Waals surface area contributed by atoms with Gasteiger partial charge in [0.25, 0.3) is 5.56 Å². The van der Waals surface area contributed by atoms with Crippen LogP contribution in [0.3, 0.4) is 0 Å². The lowest BCUT2D eigenvalue weighted by Gasteiger charge is -2.11. The standard InChI is InChI=1S/C14H19N3O/c1-3-8-15-9-10-17-13-7-5-4-6-12(13)16-11(2)14(17)18/h4-7,15H,3,8-10H2,1-2H3. The first-order valence-electron chi connectivity index (χ1n) is 6.41. The molecule has 1 aromatic heterocycles. The van der Waals surface area contributed by atoms with Gasteiger partial charge in [-0.05, 0) is 32.0 Å². The zero-order valence-electron chi connectivity index (χ0n) is 10.9. The van der Waals surface area contributed by atoms with Crippen molar-refractivity contribution in [2.75, 3.05) is 13.1 Å². The quantitative estimate of drug-likeness (QED) is 0.816. The molecule has 1 aromatic carbocycles. The molecular formula is C14H19N3O. The van der Waals surface area contributed by atoms with Crippen molar-refractivity contribution in [2.45, 2.75) is 26.8 Å². The molecule has 0 saturated heterocycles. The van der Waals surface area contributed by atoms with Crippen LogP contribution in [0.2, 0.25) is 0 Å². The van der Waals surface area contributed by atoms with Crippen LogP contribution >= 0.6 is 0 Å². The summed E-state index contributed by atoms with van der Waals surface area (Å²) in [6.45, 7) is 6.37. The first-order chi connectivity index (χ1) is 8.74. The number of fused-ring (bicyclic) bond motifs is 1. The molecule has 0 amide bonds. The van der Waals surface area contributed by atoms with Gasteiger partial charge in [-0.15, -0.1) is 0 Å². The van der Waals surface area contributed by atoms with Crippen molar-refractivity contribution >= 4 is 11.0 Å². The Bertz CT molecular complexity index is 589. The van der Waals surface area contributed by atoms with Gasteiger partial charge in [0.05, 0.1) is 11.0 Å². The van der Waals surface area contributed by atoms with Crippen LogP contribution in [-0.4, -0.2) is 22.6 Å². The number of aromatic nitrogens is 2. The maximum atomic E-state index is 12.1. The smallest absolute Gasteiger partial charge is 0.272 e. The van der Waals surface area contributed by atoms with Crippen molar-refractivity contribution in [1.82, 2.24) is 14.9 Å². The minimum Gasteiger partial charge on any atom is -0.315 e. The molecule has 0 aliphatic rings. The number of rotatable bonds is 5. The lowest BCUT2D eigenvalue weighted by molar-refractivity contribution is 0.590. The van der Waals surface area contributed by atoms with Gasteiger partial charge < -0.3 is 9.88 Å². The molecule has 0 fully saturated rings. The number of aryl methyl sites for hydroxylation is 1. The van der Waals surface area contributed by atoms with Crippen LogP contribution in [0, 0.1) is 6.92 Å². The van der Waals surface area contributed by atoms with Gasteiger partial charge in [-0.3, -0.25) is 4.79 Å². The van der Waals surface area contributed by atoms with Crippen LogP contribution in [-0.2, 0) is 6.54 Å². The predicted octanol–water partition coefficient (Wildman–Crippen LogP) is 1.70. The third-order valence-corrected chi connectivity index (χ3v) is 2.95. The molecule has 4 heteroatoms. The Morgan fingerprint density at radius 2 is 2.06 bits per heavy atom. The Kier molecular flexibility index (Phi) is 4.10. The van der Waals surface area contributed by atoms with Crippen LogP contribution in [0.15, 0.2) is 29.1 Å². The van der Waals surface area contributed by atoms with Crippen molar-refractivity contribution in [3.05, 3.63) is 40.3 Å². The molecule has 0 atom stereocenters. The Balaban J connectivity index is 2.35. The molecule has 0 aliphatic heterocycles. The third kappa shape index (κ3) is 2.59. The fourth-order valence-corrected chi connectivity index (χ4v) is 2.03. The maximum Gasteiger partial charge on any atom is 0.272 e. The number of nitrogens with zero attached hydrogens (tertiary/aromatic N) is 2. The molecule has 0 saturated carbocycles. The monoisotopic (exact) mass is 245 g/mol. The van der Waals surface area contributed by atoms with E-state index in [4.69, 9.17) is 0 Å². The second-order valence-corrected chi connectivity index (χ2v) is 4.39. The summed E-state index contributed by atoms with van der Waals surface area (Å²) >= 11 is 0. The van der Waals surface area contributed by atoms with E-state index < -0.39 is 0 Å². The Hall–Kier alpha value is -1.68. The van der Waals surface area contributed by atoms with Crippen molar-refractivity contribution < 1.29 is 0 Å². The molecular weight excluding hydrogens is 226 g/mol. The van der Waals surface area contributed by atoms with Crippen LogP contribution in [0.1, 0.15) is 19.0 Å². The fourth-order valence-electron chi connectivity index (χ4n) is 2.03. The topological polar surface area (TPSA) is 46.9 Å². The number of nitrogens with one attached hydrogen (secondary N) is 1. The normalized spacial score (nSPS) is 11.0. The van der Waals surface area contributed by atoms with Gasteiger partial charge in [0, 0.05) is 13.1 Å². The fraction of sp³-hybridized carbons (Fsp3) is 0.429. The zero-order valence-corrected chi connectivity index (χ0v) is 10.9. The minimum atomic E-state index is 0.00648. The Labute approximate surface area is 107 Å². The average Bonchev–Trinajstić information content (AvgIpc) is 2.38. The van der Waals surface area contributed by atoms with Gasteiger partial charge in [-0.2, -0.15) is 0 Å². The average molecular weight is 245 g/mol. The summed E-state index contributed by atoms with van der Waals surface area (Å²) in [6.07, 6.45) is 1.10. The van der Waals surface area contributed by atoms with Crippen molar-refractivity contribution in [1.29, 1.82) is 0 Å². The summed E-state index contributed by atoms with van der Waals surface area (Å²) in [5.41, 5.74) is 2.35. The van der Waals surface area contributed by atoms with Gasteiger partial charge in [0.15, 0.2) is 0 Å². The summed E-state index contributed by atoms with van der Waals surface area (Å²) in [5, 5.41) is 3.31. The molecule has 0 aliphatic carbocycles. The Morgan fingerprint density at radius 3 is 2.83 bits per heavy atom. The van der Waals surface area contributed by atoms with E-state index in [1.807, 2.05) is 24.3 Å². The second kappa shape index (κ2) is 5.78. The first-order valence-corrected chi connectivity index (χ1v) is 6.41. The highest BCUT2D eigenvalue weighted by Gasteiger charge is 2.06. The van der Waals surface area contributed by atoms with E-state index in [0.29, 0.717) is 12.2 Å². The SMILES string of the molecule is CCCNCCn1c(=O)c(C)nc2ccccc21. The van der Waals surface area contributed by atoms with Gasteiger partial charge in [-0.1, -0.05) is 19.1 Å². The minimum absolute atomic E-state index is 0.00648. The summed E-state index contributed by atoms with van der Waals surface area (Å²) in [5.74, 6) is 0. The van der Waals surface area contributed by atoms with E-state index in [1.165, 1.54) is 0 Å². The van der Waals surface area contributed by atoms with E-state index in [9.17, 15) is 4.79 Å². The van der Waals surface area contributed by atoms with Gasteiger partial charge in [0.2, 0.25) is 0 Å². The highest BCUT2D eigenvalue weighted by Crippen LogP contribution is 2.09. The molecule has 2 rings (SSSR count). The second-order valence-electron chi connectivity index (χ2n) is 4.39. The Morgan fingerprint density at radius 1 is 1.28 bits per heavy atom. The van der Waals surface area contributed by atoms with Gasteiger partial charge in [0.1, 0.15) is 5.69 Å². The molecule has 1 heterocycles.